The third kappa shape index (κ3) is 6.30. The van der Waals surface area contributed by atoms with Crippen LogP contribution in [0.15, 0.2) is 30.9 Å². The van der Waals surface area contributed by atoms with Crippen LogP contribution in [0.1, 0.15) is 24.2 Å². The summed E-state index contributed by atoms with van der Waals surface area (Å²) in [6, 6.07) is 3.41. The molecule has 1 amide bonds. The molecule has 0 aliphatic heterocycles. The number of carbonyl (C=O) groups is 2. The van der Waals surface area contributed by atoms with Crippen molar-refractivity contribution in [3.63, 3.8) is 0 Å². The molecule has 0 aliphatic carbocycles. The molecule has 23 heavy (non-hydrogen) atoms. The second-order valence-electron chi connectivity index (χ2n) is 5.00. The van der Waals surface area contributed by atoms with Crippen LogP contribution >= 0.6 is 11.6 Å². The molecule has 126 valence electrons. The first-order chi connectivity index (χ1) is 10.8. The van der Waals surface area contributed by atoms with Crippen LogP contribution < -0.4 is 10.1 Å². The van der Waals surface area contributed by atoms with Gasteiger partial charge in [-0.05, 0) is 32.0 Å². The zero-order chi connectivity index (χ0) is 17.4. The average molecular weight is 342 g/mol. The van der Waals surface area contributed by atoms with E-state index in [2.05, 4.69) is 11.9 Å². The van der Waals surface area contributed by atoms with Gasteiger partial charge in [0.25, 0.3) is 5.91 Å². The van der Waals surface area contributed by atoms with Crippen LogP contribution in [0.25, 0.3) is 0 Å². The van der Waals surface area contributed by atoms with E-state index in [9.17, 15) is 9.59 Å². The molecule has 0 aromatic heterocycles. The van der Waals surface area contributed by atoms with Gasteiger partial charge in [-0.2, -0.15) is 0 Å². The van der Waals surface area contributed by atoms with Crippen molar-refractivity contribution in [2.45, 2.75) is 26.0 Å². The lowest BCUT2D eigenvalue weighted by Gasteiger charge is -2.17. The summed E-state index contributed by atoms with van der Waals surface area (Å²) < 4.78 is 10.6. The standard InChI is InChI=1S/C16H20ClNO5/c1-4-7-22-9-13(16(20)21)18-15(19)12-8-11(17)5-6-14(12)23-10(2)3/h4-6,8,10,13H,1,7,9H2,2-3H3,(H,18,19)(H,20,21). The van der Waals surface area contributed by atoms with Gasteiger partial charge < -0.3 is 19.9 Å². The fourth-order valence-electron chi connectivity index (χ4n) is 1.72. The first-order valence-electron chi connectivity index (χ1n) is 7.03. The van der Waals surface area contributed by atoms with Gasteiger partial charge in [0, 0.05) is 5.02 Å². The molecule has 1 unspecified atom stereocenters. The zero-order valence-corrected chi connectivity index (χ0v) is 13.8. The van der Waals surface area contributed by atoms with Gasteiger partial charge in [-0.25, -0.2) is 4.79 Å². The molecule has 0 fully saturated rings. The summed E-state index contributed by atoms with van der Waals surface area (Å²) >= 11 is 5.91. The van der Waals surface area contributed by atoms with Crippen molar-refractivity contribution in [3.05, 3.63) is 41.4 Å². The maximum Gasteiger partial charge on any atom is 0.328 e. The Bertz CT molecular complexity index is 574. The monoisotopic (exact) mass is 341 g/mol. The van der Waals surface area contributed by atoms with E-state index in [1.165, 1.54) is 12.1 Å². The van der Waals surface area contributed by atoms with Gasteiger partial charge in [-0.1, -0.05) is 17.7 Å². The van der Waals surface area contributed by atoms with Crippen LogP contribution in [0, 0.1) is 0 Å². The molecule has 0 bridgehead atoms. The molecule has 1 atom stereocenters. The highest BCUT2D eigenvalue weighted by Crippen LogP contribution is 2.24. The number of amides is 1. The van der Waals surface area contributed by atoms with E-state index >= 15 is 0 Å². The SMILES string of the molecule is C=CCOCC(NC(=O)c1cc(Cl)ccc1OC(C)C)C(=O)O. The van der Waals surface area contributed by atoms with Crippen LogP contribution in [-0.2, 0) is 9.53 Å². The van der Waals surface area contributed by atoms with E-state index in [1.807, 2.05) is 13.8 Å². The van der Waals surface area contributed by atoms with Crippen molar-refractivity contribution < 1.29 is 24.2 Å². The number of hydrogen-bond donors (Lipinski definition) is 2. The highest BCUT2D eigenvalue weighted by atomic mass is 35.5. The Labute approximate surface area is 140 Å². The summed E-state index contributed by atoms with van der Waals surface area (Å²) in [6.45, 7) is 7.13. The molecule has 0 saturated carbocycles. The summed E-state index contributed by atoms with van der Waals surface area (Å²) in [5.41, 5.74) is 0.168. The van der Waals surface area contributed by atoms with Crippen LogP contribution in [0.3, 0.4) is 0 Å². The number of halogens is 1. The van der Waals surface area contributed by atoms with Crippen LogP contribution in [0.5, 0.6) is 5.75 Å². The van der Waals surface area contributed by atoms with E-state index in [-0.39, 0.29) is 24.9 Å². The molecule has 6 nitrogen and oxygen atoms in total. The molecule has 0 heterocycles. The largest absolute Gasteiger partial charge is 0.490 e. The first kappa shape index (κ1) is 19.0. The summed E-state index contributed by atoms with van der Waals surface area (Å²) in [6.07, 6.45) is 1.35. The van der Waals surface area contributed by atoms with Crippen molar-refractivity contribution in [2.24, 2.45) is 0 Å². The lowest BCUT2D eigenvalue weighted by atomic mass is 10.1. The van der Waals surface area contributed by atoms with Crippen LogP contribution in [0.2, 0.25) is 5.02 Å². The first-order valence-corrected chi connectivity index (χ1v) is 7.41. The van der Waals surface area contributed by atoms with Gasteiger partial charge >= 0.3 is 5.97 Å². The van der Waals surface area contributed by atoms with Gasteiger partial charge in [0.05, 0.1) is 24.9 Å². The Morgan fingerprint density at radius 2 is 2.13 bits per heavy atom. The number of nitrogens with one attached hydrogen (secondary N) is 1. The maximum absolute atomic E-state index is 12.4. The Balaban J connectivity index is 2.91. The number of carboxylic acid groups (broad SMARTS) is 1. The predicted molar refractivity (Wildman–Crippen MR) is 87.1 cm³/mol. The van der Waals surface area contributed by atoms with Crippen LogP contribution in [-0.4, -0.2) is 42.3 Å². The molecule has 0 spiro atoms. The van der Waals surface area contributed by atoms with Crippen molar-refractivity contribution in [2.75, 3.05) is 13.2 Å². The highest BCUT2D eigenvalue weighted by Gasteiger charge is 2.23. The van der Waals surface area contributed by atoms with E-state index in [0.29, 0.717) is 10.8 Å². The number of benzene rings is 1. The third-order valence-corrected chi connectivity index (χ3v) is 2.91. The van der Waals surface area contributed by atoms with E-state index in [1.54, 1.807) is 12.1 Å². The second kappa shape index (κ2) is 9.17. The highest BCUT2D eigenvalue weighted by molar-refractivity contribution is 6.31. The summed E-state index contributed by atoms with van der Waals surface area (Å²) in [5, 5.41) is 11.9. The van der Waals surface area contributed by atoms with Gasteiger partial charge in [-0.3, -0.25) is 4.79 Å². The Morgan fingerprint density at radius 1 is 1.43 bits per heavy atom. The molecular weight excluding hydrogens is 322 g/mol. The normalized spacial score (nSPS) is 11.8. The Kier molecular flexibility index (Phi) is 7.57. The number of ether oxygens (including phenoxy) is 2. The van der Waals surface area contributed by atoms with Crippen LogP contribution in [0.4, 0.5) is 0 Å². The quantitative estimate of drug-likeness (QED) is 0.532. The summed E-state index contributed by atoms with van der Waals surface area (Å²) in [4.78, 5) is 23.6. The average Bonchev–Trinajstić information content (AvgIpc) is 2.47. The molecule has 0 aliphatic rings. The molecule has 0 radical (unpaired) electrons. The maximum atomic E-state index is 12.4. The number of hydrogen-bond acceptors (Lipinski definition) is 4. The van der Waals surface area contributed by atoms with Crippen molar-refractivity contribution >= 4 is 23.5 Å². The van der Waals surface area contributed by atoms with E-state index in [4.69, 9.17) is 26.2 Å². The molecule has 0 saturated heterocycles. The van der Waals surface area contributed by atoms with Gasteiger partial charge in [-0.15, -0.1) is 6.58 Å². The number of carboxylic acids is 1. The summed E-state index contributed by atoms with van der Waals surface area (Å²) in [5.74, 6) is -1.47. The Hall–Kier alpha value is -2.05. The van der Waals surface area contributed by atoms with E-state index < -0.39 is 17.9 Å². The smallest absolute Gasteiger partial charge is 0.328 e. The van der Waals surface area contributed by atoms with E-state index in [0.717, 1.165) is 0 Å². The van der Waals surface area contributed by atoms with Gasteiger partial charge in [0.1, 0.15) is 5.75 Å². The topological polar surface area (TPSA) is 84.9 Å². The van der Waals surface area contributed by atoms with Crippen molar-refractivity contribution in [1.29, 1.82) is 0 Å². The van der Waals surface area contributed by atoms with Gasteiger partial charge in [0.15, 0.2) is 6.04 Å². The van der Waals surface area contributed by atoms with Crippen molar-refractivity contribution in [3.8, 4) is 5.75 Å². The lowest BCUT2D eigenvalue weighted by molar-refractivity contribution is -0.140. The minimum absolute atomic E-state index is 0.145. The molecule has 1 aromatic rings. The summed E-state index contributed by atoms with van der Waals surface area (Å²) in [7, 11) is 0. The predicted octanol–water partition coefficient (Wildman–Crippen LogP) is 2.51. The molecule has 1 rings (SSSR count). The number of rotatable bonds is 9. The van der Waals surface area contributed by atoms with Crippen molar-refractivity contribution in [1.82, 2.24) is 5.32 Å². The fraction of sp³-hybridized carbons (Fsp3) is 0.375. The molecule has 2 N–H and O–H groups in total. The zero-order valence-electron chi connectivity index (χ0n) is 13.0. The third-order valence-electron chi connectivity index (χ3n) is 2.67. The number of aliphatic carboxylic acids is 1. The molecular formula is C16H20ClNO5. The second-order valence-corrected chi connectivity index (χ2v) is 5.43. The molecule has 7 heteroatoms. The fourth-order valence-corrected chi connectivity index (χ4v) is 1.89. The number of carbonyl (C=O) groups excluding carboxylic acids is 1. The van der Waals surface area contributed by atoms with Gasteiger partial charge in [0.2, 0.25) is 0 Å². The molecule has 1 aromatic carbocycles. The Morgan fingerprint density at radius 3 is 2.70 bits per heavy atom. The minimum Gasteiger partial charge on any atom is -0.490 e. The lowest BCUT2D eigenvalue weighted by Crippen LogP contribution is -2.44. The minimum atomic E-state index is -1.20.